The molecule has 1 fully saturated rings. The topological polar surface area (TPSA) is 29.5 Å². The largest absolute Gasteiger partial charge is 0.463 e. The zero-order chi connectivity index (χ0) is 12.8. The maximum Gasteiger partial charge on any atom is 0.334 e. The van der Waals surface area contributed by atoms with Gasteiger partial charge in [-0.1, -0.05) is 26.3 Å². The van der Waals surface area contributed by atoms with Crippen LogP contribution in [-0.2, 0) is 9.53 Å². The first-order valence-corrected chi connectivity index (χ1v) is 6.59. The minimum atomic E-state index is -0.261. The predicted octanol–water partition coefficient (Wildman–Crippen LogP) is 2.62. The Hall–Kier alpha value is -0.830. The first kappa shape index (κ1) is 14.2. The van der Waals surface area contributed by atoms with Crippen molar-refractivity contribution in [3.63, 3.8) is 0 Å². The first-order chi connectivity index (χ1) is 8.04. The van der Waals surface area contributed by atoms with Crippen LogP contribution in [0.1, 0.15) is 39.5 Å². The highest BCUT2D eigenvalue weighted by atomic mass is 16.5. The molecule has 2 unspecified atom stereocenters. The van der Waals surface area contributed by atoms with Crippen molar-refractivity contribution in [2.45, 2.75) is 45.6 Å². The molecule has 0 spiro atoms. The molecule has 3 nitrogen and oxygen atoms in total. The summed E-state index contributed by atoms with van der Waals surface area (Å²) < 4.78 is 4.95. The molecule has 0 radical (unpaired) electrons. The van der Waals surface area contributed by atoms with Gasteiger partial charge in [0.25, 0.3) is 0 Å². The fourth-order valence-corrected chi connectivity index (χ4v) is 2.53. The van der Waals surface area contributed by atoms with Crippen molar-refractivity contribution in [1.82, 2.24) is 4.90 Å². The summed E-state index contributed by atoms with van der Waals surface area (Å²) in [5, 5.41) is 0. The van der Waals surface area contributed by atoms with Crippen molar-refractivity contribution in [2.24, 2.45) is 5.92 Å². The molecule has 0 N–H and O–H groups in total. The highest BCUT2D eigenvalue weighted by Crippen LogP contribution is 2.26. The lowest BCUT2D eigenvalue weighted by Gasteiger charge is -2.34. The Morgan fingerprint density at radius 3 is 2.76 bits per heavy atom. The summed E-state index contributed by atoms with van der Waals surface area (Å²) >= 11 is 0. The summed E-state index contributed by atoms with van der Waals surface area (Å²) in [5.74, 6) is 0.537. The number of hydrogen-bond donors (Lipinski definition) is 0. The quantitative estimate of drug-likeness (QED) is 0.545. The van der Waals surface area contributed by atoms with Crippen LogP contribution in [0.3, 0.4) is 0 Å². The Labute approximate surface area is 105 Å². The number of rotatable bonds is 5. The van der Waals surface area contributed by atoms with Crippen LogP contribution in [0.2, 0.25) is 0 Å². The van der Waals surface area contributed by atoms with E-state index in [1.54, 1.807) is 0 Å². The van der Waals surface area contributed by atoms with Crippen LogP contribution in [0.5, 0.6) is 0 Å². The van der Waals surface area contributed by atoms with Crippen molar-refractivity contribution in [3.8, 4) is 0 Å². The summed E-state index contributed by atoms with van der Waals surface area (Å²) in [6.07, 6.45) is 5.09. The van der Waals surface area contributed by atoms with Crippen LogP contribution >= 0.6 is 0 Å². The molecule has 0 aromatic heterocycles. The SMILES string of the molecule is C=C(CN(C)C1CCCC(C)C1)C(=O)OCC. The third-order valence-electron chi connectivity index (χ3n) is 3.54. The standard InChI is InChI=1S/C14H25NO2/c1-5-17-14(16)12(3)10-15(4)13-8-6-7-11(2)9-13/h11,13H,3,5-10H2,1-2,4H3. The van der Waals surface area contributed by atoms with Crippen LogP contribution in [0, 0.1) is 5.92 Å². The average Bonchev–Trinajstić information content (AvgIpc) is 2.29. The van der Waals surface area contributed by atoms with Crippen LogP contribution in [0.15, 0.2) is 12.2 Å². The third kappa shape index (κ3) is 4.50. The Morgan fingerprint density at radius 2 is 2.18 bits per heavy atom. The summed E-state index contributed by atoms with van der Waals surface area (Å²) in [7, 11) is 2.08. The minimum Gasteiger partial charge on any atom is -0.463 e. The van der Waals surface area contributed by atoms with Gasteiger partial charge in [0.05, 0.1) is 6.61 Å². The van der Waals surface area contributed by atoms with Gasteiger partial charge in [0, 0.05) is 18.2 Å². The molecule has 3 heteroatoms. The number of ether oxygens (including phenoxy) is 1. The van der Waals surface area contributed by atoms with Gasteiger partial charge < -0.3 is 4.74 Å². The third-order valence-corrected chi connectivity index (χ3v) is 3.54. The van der Waals surface area contributed by atoms with Gasteiger partial charge in [-0.3, -0.25) is 4.90 Å². The molecule has 2 atom stereocenters. The minimum absolute atomic E-state index is 0.261. The van der Waals surface area contributed by atoms with Crippen LogP contribution in [0.4, 0.5) is 0 Å². The highest BCUT2D eigenvalue weighted by molar-refractivity contribution is 5.88. The Morgan fingerprint density at radius 1 is 1.47 bits per heavy atom. The van der Waals surface area contributed by atoms with E-state index in [0.717, 1.165) is 5.92 Å². The molecular weight excluding hydrogens is 214 g/mol. The Kier molecular flexibility index (Phi) is 5.69. The summed E-state index contributed by atoms with van der Waals surface area (Å²) in [4.78, 5) is 13.7. The fourth-order valence-electron chi connectivity index (χ4n) is 2.53. The molecule has 0 amide bonds. The lowest BCUT2D eigenvalue weighted by Crippen LogP contribution is -2.37. The molecular formula is C14H25NO2. The van der Waals surface area contributed by atoms with Gasteiger partial charge in [0.2, 0.25) is 0 Å². The maximum absolute atomic E-state index is 11.5. The fraction of sp³-hybridized carbons (Fsp3) is 0.786. The van der Waals surface area contributed by atoms with E-state index in [1.165, 1.54) is 25.7 Å². The monoisotopic (exact) mass is 239 g/mol. The van der Waals surface area contributed by atoms with Crippen molar-refractivity contribution in [2.75, 3.05) is 20.2 Å². The Balaban J connectivity index is 2.39. The van der Waals surface area contributed by atoms with Gasteiger partial charge in [0.15, 0.2) is 0 Å². The first-order valence-electron chi connectivity index (χ1n) is 6.59. The van der Waals surface area contributed by atoms with E-state index < -0.39 is 0 Å². The lowest BCUT2D eigenvalue weighted by atomic mass is 9.86. The van der Waals surface area contributed by atoms with Crippen molar-refractivity contribution in [3.05, 3.63) is 12.2 Å². The van der Waals surface area contributed by atoms with Crippen molar-refractivity contribution >= 4 is 5.97 Å². The summed E-state index contributed by atoms with van der Waals surface area (Å²) in [6, 6.07) is 0.588. The zero-order valence-corrected chi connectivity index (χ0v) is 11.4. The number of carbonyl (C=O) groups is 1. The number of carbonyl (C=O) groups excluding carboxylic acids is 1. The molecule has 0 heterocycles. The lowest BCUT2D eigenvalue weighted by molar-refractivity contribution is -0.138. The van der Waals surface area contributed by atoms with Crippen LogP contribution in [0.25, 0.3) is 0 Å². The van der Waals surface area contributed by atoms with Crippen molar-refractivity contribution < 1.29 is 9.53 Å². The molecule has 17 heavy (non-hydrogen) atoms. The molecule has 0 aromatic carbocycles. The van der Waals surface area contributed by atoms with Crippen LogP contribution in [-0.4, -0.2) is 37.1 Å². The molecule has 0 aromatic rings. The van der Waals surface area contributed by atoms with Gasteiger partial charge in [-0.25, -0.2) is 4.79 Å². The van der Waals surface area contributed by atoms with Gasteiger partial charge in [-0.05, 0) is 32.7 Å². The molecule has 1 aliphatic rings. The van der Waals surface area contributed by atoms with E-state index in [1.807, 2.05) is 6.92 Å². The smallest absolute Gasteiger partial charge is 0.334 e. The second kappa shape index (κ2) is 6.80. The molecule has 1 saturated carbocycles. The number of nitrogens with zero attached hydrogens (tertiary/aromatic N) is 1. The van der Waals surface area contributed by atoms with Crippen LogP contribution < -0.4 is 0 Å². The van der Waals surface area contributed by atoms with E-state index in [-0.39, 0.29) is 5.97 Å². The summed E-state index contributed by atoms with van der Waals surface area (Å²) in [5.41, 5.74) is 0.563. The van der Waals surface area contributed by atoms with Gasteiger partial charge in [-0.2, -0.15) is 0 Å². The van der Waals surface area contributed by atoms with E-state index >= 15 is 0 Å². The molecule has 0 saturated heterocycles. The highest BCUT2D eigenvalue weighted by Gasteiger charge is 2.23. The van der Waals surface area contributed by atoms with E-state index in [4.69, 9.17) is 4.74 Å². The molecule has 98 valence electrons. The molecule has 1 rings (SSSR count). The van der Waals surface area contributed by atoms with Gasteiger partial charge >= 0.3 is 5.97 Å². The summed E-state index contributed by atoms with van der Waals surface area (Å²) in [6.45, 7) is 8.97. The van der Waals surface area contributed by atoms with Gasteiger partial charge in [-0.15, -0.1) is 0 Å². The van der Waals surface area contributed by atoms with Gasteiger partial charge in [0.1, 0.15) is 0 Å². The zero-order valence-electron chi connectivity index (χ0n) is 11.4. The van der Waals surface area contributed by atoms with E-state index in [0.29, 0.717) is 24.8 Å². The number of likely N-dealkylation sites (N-methyl/N-ethyl adjacent to an activating group) is 1. The maximum atomic E-state index is 11.5. The van der Waals surface area contributed by atoms with E-state index in [2.05, 4.69) is 25.5 Å². The molecule has 0 aliphatic heterocycles. The second-order valence-electron chi connectivity index (χ2n) is 5.16. The van der Waals surface area contributed by atoms with Crippen molar-refractivity contribution in [1.29, 1.82) is 0 Å². The Bertz CT molecular complexity index is 275. The normalized spacial score (nSPS) is 24.7. The molecule has 1 aliphatic carbocycles. The van der Waals surface area contributed by atoms with E-state index in [9.17, 15) is 4.79 Å². The molecule has 0 bridgehead atoms. The number of hydrogen-bond acceptors (Lipinski definition) is 3. The predicted molar refractivity (Wildman–Crippen MR) is 69.8 cm³/mol. The second-order valence-corrected chi connectivity index (χ2v) is 5.16. The average molecular weight is 239 g/mol. The number of esters is 1.